The predicted octanol–water partition coefficient (Wildman–Crippen LogP) is 3.28. The predicted molar refractivity (Wildman–Crippen MR) is 104 cm³/mol. The van der Waals surface area contributed by atoms with Gasteiger partial charge in [-0.3, -0.25) is 4.79 Å². The molecule has 1 saturated heterocycles. The van der Waals surface area contributed by atoms with Crippen molar-refractivity contribution < 1.29 is 4.79 Å². The zero-order valence-corrected chi connectivity index (χ0v) is 14.8. The number of benzene rings is 1. The van der Waals surface area contributed by atoms with Gasteiger partial charge in [-0.15, -0.1) is 0 Å². The number of anilines is 1. The Hall–Kier alpha value is -2.82. The monoisotopic (exact) mass is 348 g/mol. The van der Waals surface area contributed by atoms with E-state index in [0.29, 0.717) is 6.42 Å². The molecule has 1 fully saturated rings. The molecule has 0 saturated carbocycles. The molecule has 3 aromatic rings. The van der Waals surface area contributed by atoms with E-state index < -0.39 is 0 Å². The number of piperidine rings is 1. The number of nitrogens with zero attached hydrogens (tertiary/aromatic N) is 2. The molecule has 4 rings (SSSR count). The number of hydrogen-bond donors (Lipinski definition) is 2. The first-order valence-corrected chi connectivity index (χ1v) is 9.30. The summed E-state index contributed by atoms with van der Waals surface area (Å²) in [5.74, 6) is 1.12. The van der Waals surface area contributed by atoms with Crippen molar-refractivity contribution >= 4 is 22.6 Å². The van der Waals surface area contributed by atoms with Gasteiger partial charge in [0.25, 0.3) is 0 Å². The molecule has 1 amide bonds. The molecule has 0 radical (unpaired) electrons. The van der Waals surface area contributed by atoms with Gasteiger partial charge in [-0.2, -0.15) is 0 Å². The minimum Gasteiger partial charge on any atom is -0.361 e. The van der Waals surface area contributed by atoms with Gasteiger partial charge in [0.15, 0.2) is 0 Å². The zero-order chi connectivity index (χ0) is 17.8. The van der Waals surface area contributed by atoms with E-state index in [1.165, 1.54) is 10.9 Å². The third-order valence-corrected chi connectivity index (χ3v) is 5.06. The lowest BCUT2D eigenvalue weighted by Gasteiger charge is -2.34. The highest BCUT2D eigenvalue weighted by molar-refractivity contribution is 5.84. The number of amides is 1. The van der Waals surface area contributed by atoms with Crippen LogP contribution in [0.5, 0.6) is 0 Å². The fraction of sp³-hybridized carbons (Fsp3) is 0.333. The molecule has 0 aliphatic carbocycles. The third-order valence-electron chi connectivity index (χ3n) is 5.06. The van der Waals surface area contributed by atoms with Gasteiger partial charge in [-0.1, -0.05) is 24.3 Å². The highest BCUT2D eigenvalue weighted by atomic mass is 16.1. The van der Waals surface area contributed by atoms with Gasteiger partial charge < -0.3 is 15.2 Å². The first-order valence-electron chi connectivity index (χ1n) is 9.30. The first-order chi connectivity index (χ1) is 12.8. The number of hydrogen-bond acceptors (Lipinski definition) is 3. The normalized spacial score (nSPS) is 17.4. The molecule has 26 heavy (non-hydrogen) atoms. The number of fused-ring (bicyclic) bond motifs is 1. The van der Waals surface area contributed by atoms with Crippen LogP contribution in [0.1, 0.15) is 24.8 Å². The Labute approximate surface area is 153 Å². The summed E-state index contributed by atoms with van der Waals surface area (Å²) < 4.78 is 0. The largest absolute Gasteiger partial charge is 0.361 e. The van der Waals surface area contributed by atoms with Crippen LogP contribution in [0.4, 0.5) is 5.82 Å². The maximum atomic E-state index is 12.4. The van der Waals surface area contributed by atoms with Gasteiger partial charge in [0.1, 0.15) is 5.82 Å². The van der Waals surface area contributed by atoms with E-state index in [1.54, 1.807) is 0 Å². The lowest BCUT2D eigenvalue weighted by atomic mass is 10.0. The first kappa shape index (κ1) is 16.6. The lowest BCUT2D eigenvalue weighted by Crippen LogP contribution is -2.48. The van der Waals surface area contributed by atoms with Crippen LogP contribution in [0, 0.1) is 0 Å². The molecular weight excluding hydrogens is 324 g/mol. The van der Waals surface area contributed by atoms with Crippen molar-refractivity contribution in [3.05, 3.63) is 60.4 Å². The van der Waals surface area contributed by atoms with Crippen LogP contribution in [0.3, 0.4) is 0 Å². The number of rotatable bonds is 5. The fourth-order valence-electron chi connectivity index (χ4n) is 3.73. The van der Waals surface area contributed by atoms with E-state index in [1.807, 2.05) is 42.7 Å². The van der Waals surface area contributed by atoms with Crippen LogP contribution >= 0.6 is 0 Å². The van der Waals surface area contributed by atoms with E-state index in [0.717, 1.165) is 43.7 Å². The Kier molecular flexibility index (Phi) is 4.86. The third kappa shape index (κ3) is 3.72. The second kappa shape index (κ2) is 7.60. The molecule has 3 heterocycles. The van der Waals surface area contributed by atoms with Gasteiger partial charge in [-0.05, 0) is 43.0 Å². The second-order valence-electron chi connectivity index (χ2n) is 6.90. The molecule has 2 N–H and O–H groups in total. The van der Waals surface area contributed by atoms with Gasteiger partial charge >= 0.3 is 0 Å². The molecular formula is C21H24N4O. The minimum atomic E-state index is 0.128. The van der Waals surface area contributed by atoms with E-state index >= 15 is 0 Å². The van der Waals surface area contributed by atoms with Crippen LogP contribution < -0.4 is 10.2 Å². The van der Waals surface area contributed by atoms with Crippen LogP contribution in [-0.2, 0) is 11.2 Å². The van der Waals surface area contributed by atoms with E-state index in [9.17, 15) is 4.79 Å². The molecule has 1 aromatic carbocycles. The van der Waals surface area contributed by atoms with Crippen molar-refractivity contribution in [2.24, 2.45) is 0 Å². The standard InChI is InChI=1S/C21H24N4O/c26-21(11-10-16-14-23-19-8-2-1-7-18(16)19)24-17-6-5-13-25(15-17)20-9-3-4-12-22-20/h1-4,7-9,12,14,17,23H,5-6,10-11,13,15H2,(H,24,26)/t17-/m1/s1. The summed E-state index contributed by atoms with van der Waals surface area (Å²) in [4.78, 5) is 22.4. The molecule has 5 heteroatoms. The van der Waals surface area contributed by atoms with Crippen LogP contribution in [0.15, 0.2) is 54.9 Å². The van der Waals surface area contributed by atoms with Crippen LogP contribution in [0.25, 0.3) is 10.9 Å². The number of aromatic amines is 1. The molecule has 1 aliphatic rings. The number of aromatic nitrogens is 2. The summed E-state index contributed by atoms with van der Waals surface area (Å²) in [5, 5.41) is 4.42. The average Bonchev–Trinajstić information content (AvgIpc) is 3.10. The number of pyridine rings is 1. The summed E-state index contributed by atoms with van der Waals surface area (Å²) in [5.41, 5.74) is 2.33. The molecule has 1 aliphatic heterocycles. The second-order valence-corrected chi connectivity index (χ2v) is 6.90. The van der Waals surface area contributed by atoms with Crippen molar-refractivity contribution in [2.45, 2.75) is 31.7 Å². The molecule has 0 bridgehead atoms. The van der Waals surface area contributed by atoms with Crippen molar-refractivity contribution in [1.29, 1.82) is 0 Å². The van der Waals surface area contributed by atoms with E-state index in [4.69, 9.17) is 0 Å². The van der Waals surface area contributed by atoms with Gasteiger partial charge in [0.05, 0.1) is 0 Å². The van der Waals surface area contributed by atoms with Crippen molar-refractivity contribution in [2.75, 3.05) is 18.0 Å². The zero-order valence-electron chi connectivity index (χ0n) is 14.8. The molecule has 1 atom stereocenters. The average molecular weight is 348 g/mol. The Morgan fingerprint density at radius 1 is 1.23 bits per heavy atom. The molecule has 5 nitrogen and oxygen atoms in total. The maximum absolute atomic E-state index is 12.4. The van der Waals surface area contributed by atoms with Gasteiger partial charge in [-0.25, -0.2) is 4.98 Å². The van der Waals surface area contributed by atoms with E-state index in [2.05, 4.69) is 32.3 Å². The van der Waals surface area contributed by atoms with Crippen LogP contribution in [-0.4, -0.2) is 35.0 Å². The SMILES string of the molecule is O=C(CCc1c[nH]c2ccccc12)N[C@@H]1CCCN(c2ccccn2)C1. The summed E-state index contributed by atoms with van der Waals surface area (Å²) in [6.07, 6.45) is 7.21. The molecule has 0 spiro atoms. The molecule has 0 unspecified atom stereocenters. The van der Waals surface area contributed by atoms with Crippen molar-refractivity contribution in [3.8, 4) is 0 Å². The maximum Gasteiger partial charge on any atom is 0.220 e. The highest BCUT2D eigenvalue weighted by Gasteiger charge is 2.22. The molecule has 134 valence electrons. The molecule has 2 aromatic heterocycles. The van der Waals surface area contributed by atoms with Crippen LogP contribution in [0.2, 0.25) is 0 Å². The Balaban J connectivity index is 1.32. The van der Waals surface area contributed by atoms with Gasteiger partial charge in [0, 0.05) is 48.8 Å². The number of aryl methyl sites for hydroxylation is 1. The number of carbonyl (C=O) groups is 1. The minimum absolute atomic E-state index is 0.128. The number of carbonyl (C=O) groups excluding carboxylic acids is 1. The Morgan fingerprint density at radius 3 is 3.00 bits per heavy atom. The number of H-pyrrole nitrogens is 1. The van der Waals surface area contributed by atoms with Gasteiger partial charge in [0.2, 0.25) is 5.91 Å². The Morgan fingerprint density at radius 2 is 2.12 bits per heavy atom. The number of para-hydroxylation sites is 1. The summed E-state index contributed by atoms with van der Waals surface area (Å²) in [7, 11) is 0. The summed E-state index contributed by atoms with van der Waals surface area (Å²) >= 11 is 0. The Bertz CT molecular complexity index is 874. The lowest BCUT2D eigenvalue weighted by molar-refractivity contribution is -0.121. The fourth-order valence-corrected chi connectivity index (χ4v) is 3.73. The number of nitrogens with one attached hydrogen (secondary N) is 2. The highest BCUT2D eigenvalue weighted by Crippen LogP contribution is 2.20. The van der Waals surface area contributed by atoms with Crippen molar-refractivity contribution in [1.82, 2.24) is 15.3 Å². The smallest absolute Gasteiger partial charge is 0.220 e. The topological polar surface area (TPSA) is 61.0 Å². The quantitative estimate of drug-likeness (QED) is 0.744. The summed E-state index contributed by atoms with van der Waals surface area (Å²) in [6.45, 7) is 1.83. The van der Waals surface area contributed by atoms with Crippen molar-refractivity contribution in [3.63, 3.8) is 0 Å². The van der Waals surface area contributed by atoms with E-state index in [-0.39, 0.29) is 11.9 Å². The summed E-state index contributed by atoms with van der Waals surface area (Å²) in [6, 6.07) is 14.4.